The molecule has 1 N–H and O–H groups in total. The Labute approximate surface area is 175 Å². The molecule has 0 aliphatic carbocycles. The number of hydrogen-bond donors (Lipinski definition) is 1. The van der Waals surface area contributed by atoms with Gasteiger partial charge in [-0.1, -0.05) is 29.8 Å². The van der Waals surface area contributed by atoms with Gasteiger partial charge in [0.05, 0.1) is 21.3 Å². The second kappa shape index (κ2) is 8.16. The average molecular weight is 464 g/mol. The van der Waals surface area contributed by atoms with Gasteiger partial charge in [0.2, 0.25) is 0 Å². The van der Waals surface area contributed by atoms with E-state index >= 15 is 0 Å². The molecule has 144 valence electrons. The number of nitrogens with zero attached hydrogens (tertiary/aromatic N) is 1. The normalized spacial score (nSPS) is 16.0. The fraction of sp³-hybridized carbons (Fsp3) is 0.150. The number of benzene rings is 2. The fourth-order valence-corrected chi connectivity index (χ4v) is 3.34. The lowest BCUT2D eigenvalue weighted by atomic mass is 10.1. The van der Waals surface area contributed by atoms with Crippen LogP contribution in [0.1, 0.15) is 19.4 Å². The number of carbonyl (C=O) groups excluding carboxylic acids is 3. The van der Waals surface area contributed by atoms with Crippen molar-refractivity contribution in [2.75, 3.05) is 4.90 Å². The third kappa shape index (κ3) is 4.10. The summed E-state index contributed by atoms with van der Waals surface area (Å²) in [5.41, 5.74) is 0.616. The lowest BCUT2D eigenvalue weighted by Crippen LogP contribution is -2.54. The number of urea groups is 1. The predicted molar refractivity (Wildman–Crippen MR) is 110 cm³/mol. The van der Waals surface area contributed by atoms with Gasteiger partial charge < -0.3 is 4.74 Å². The van der Waals surface area contributed by atoms with E-state index in [2.05, 4.69) is 21.2 Å². The van der Waals surface area contributed by atoms with Crippen molar-refractivity contribution >= 4 is 57.1 Å². The van der Waals surface area contributed by atoms with Gasteiger partial charge in [-0.15, -0.1) is 0 Å². The highest BCUT2D eigenvalue weighted by Crippen LogP contribution is 2.30. The first-order valence-corrected chi connectivity index (χ1v) is 9.57. The fourth-order valence-electron chi connectivity index (χ4n) is 2.63. The van der Waals surface area contributed by atoms with Gasteiger partial charge >= 0.3 is 6.03 Å². The third-order valence-corrected chi connectivity index (χ3v) is 4.76. The second-order valence-electron chi connectivity index (χ2n) is 6.27. The summed E-state index contributed by atoms with van der Waals surface area (Å²) in [5, 5.41) is 2.39. The van der Waals surface area contributed by atoms with Gasteiger partial charge in [0.1, 0.15) is 11.3 Å². The number of para-hydroxylation sites is 1. The van der Waals surface area contributed by atoms with Crippen LogP contribution in [-0.2, 0) is 9.59 Å². The van der Waals surface area contributed by atoms with Crippen LogP contribution < -0.4 is 15.0 Å². The number of nitrogens with one attached hydrogen (secondary N) is 1. The summed E-state index contributed by atoms with van der Waals surface area (Å²) in [7, 11) is 0. The van der Waals surface area contributed by atoms with E-state index in [0.29, 0.717) is 15.8 Å². The average Bonchev–Trinajstić information content (AvgIpc) is 2.62. The first kappa shape index (κ1) is 20.1. The molecule has 1 fully saturated rings. The standard InChI is InChI=1S/C20H16BrClN2O4/c1-11(2)28-17-8-7-12(10-14(17)21)9-13-18(25)23-20(27)24(19(13)26)16-6-4-3-5-15(16)22/h3-11H,1-2H3,(H,23,25,27)/b13-9+. The van der Waals surface area contributed by atoms with Gasteiger partial charge in [0.25, 0.3) is 11.8 Å². The number of ether oxygens (including phenoxy) is 1. The molecule has 0 saturated carbocycles. The summed E-state index contributed by atoms with van der Waals surface area (Å²) >= 11 is 9.53. The van der Waals surface area contributed by atoms with Crippen LogP contribution in [0.15, 0.2) is 52.5 Å². The molecule has 0 atom stereocenters. The molecule has 6 nitrogen and oxygen atoms in total. The Morgan fingerprint density at radius 3 is 2.50 bits per heavy atom. The van der Waals surface area contributed by atoms with Gasteiger partial charge in [-0.2, -0.15) is 0 Å². The zero-order chi connectivity index (χ0) is 20.4. The van der Waals surface area contributed by atoms with Crippen molar-refractivity contribution < 1.29 is 19.1 Å². The minimum atomic E-state index is -0.845. The van der Waals surface area contributed by atoms with E-state index in [1.807, 2.05) is 13.8 Å². The van der Waals surface area contributed by atoms with E-state index in [-0.39, 0.29) is 22.4 Å². The van der Waals surface area contributed by atoms with E-state index in [4.69, 9.17) is 16.3 Å². The number of rotatable bonds is 4. The van der Waals surface area contributed by atoms with Crippen molar-refractivity contribution in [2.45, 2.75) is 20.0 Å². The Kier molecular flexibility index (Phi) is 5.86. The molecule has 1 heterocycles. The summed E-state index contributed by atoms with van der Waals surface area (Å²) in [4.78, 5) is 38.2. The van der Waals surface area contributed by atoms with E-state index in [1.165, 1.54) is 12.1 Å². The molecular weight excluding hydrogens is 448 g/mol. The quantitative estimate of drug-likeness (QED) is 0.533. The molecule has 0 aromatic heterocycles. The maximum atomic E-state index is 12.9. The van der Waals surface area contributed by atoms with Crippen molar-refractivity contribution in [1.82, 2.24) is 5.32 Å². The summed E-state index contributed by atoms with van der Waals surface area (Å²) < 4.78 is 6.33. The Morgan fingerprint density at radius 1 is 1.14 bits per heavy atom. The van der Waals surface area contributed by atoms with E-state index in [9.17, 15) is 14.4 Å². The summed E-state index contributed by atoms with van der Waals surface area (Å²) in [6, 6.07) is 10.7. The van der Waals surface area contributed by atoms with Crippen LogP contribution >= 0.6 is 27.5 Å². The summed E-state index contributed by atoms with van der Waals surface area (Å²) in [5.74, 6) is -0.873. The first-order valence-electron chi connectivity index (χ1n) is 8.40. The van der Waals surface area contributed by atoms with Crippen LogP contribution in [0.2, 0.25) is 5.02 Å². The molecule has 3 rings (SSSR count). The van der Waals surface area contributed by atoms with Crippen LogP contribution in [-0.4, -0.2) is 23.9 Å². The molecule has 1 aliphatic rings. The molecular formula is C20H16BrClN2O4. The van der Waals surface area contributed by atoms with Gasteiger partial charge in [0, 0.05) is 0 Å². The van der Waals surface area contributed by atoms with Crippen LogP contribution in [0.5, 0.6) is 5.75 Å². The lowest BCUT2D eigenvalue weighted by molar-refractivity contribution is -0.122. The maximum absolute atomic E-state index is 12.9. The van der Waals surface area contributed by atoms with Crippen molar-refractivity contribution in [3.05, 3.63) is 63.1 Å². The van der Waals surface area contributed by atoms with Crippen LogP contribution in [0.25, 0.3) is 6.08 Å². The minimum absolute atomic E-state index is 0.00129. The third-order valence-electron chi connectivity index (χ3n) is 3.82. The van der Waals surface area contributed by atoms with Crippen LogP contribution in [0, 0.1) is 0 Å². The number of imide groups is 2. The largest absolute Gasteiger partial charge is 0.490 e. The highest BCUT2D eigenvalue weighted by molar-refractivity contribution is 9.10. The number of carbonyl (C=O) groups is 3. The van der Waals surface area contributed by atoms with E-state index in [1.54, 1.807) is 36.4 Å². The Morgan fingerprint density at radius 2 is 1.86 bits per heavy atom. The molecule has 0 bridgehead atoms. The topological polar surface area (TPSA) is 75.7 Å². The molecule has 8 heteroatoms. The molecule has 1 aliphatic heterocycles. The highest BCUT2D eigenvalue weighted by atomic mass is 79.9. The predicted octanol–water partition coefficient (Wildman–Crippen LogP) is 4.56. The zero-order valence-corrected chi connectivity index (χ0v) is 17.4. The zero-order valence-electron chi connectivity index (χ0n) is 15.0. The molecule has 4 amide bonds. The van der Waals surface area contributed by atoms with Crippen molar-refractivity contribution in [1.29, 1.82) is 0 Å². The molecule has 0 radical (unpaired) electrons. The number of halogens is 2. The number of hydrogen-bond acceptors (Lipinski definition) is 4. The van der Waals surface area contributed by atoms with Crippen LogP contribution in [0.3, 0.4) is 0 Å². The van der Waals surface area contributed by atoms with Crippen LogP contribution in [0.4, 0.5) is 10.5 Å². The Bertz CT molecular complexity index is 1000. The molecule has 0 unspecified atom stereocenters. The smallest absolute Gasteiger partial charge is 0.335 e. The van der Waals surface area contributed by atoms with Crippen molar-refractivity contribution in [2.24, 2.45) is 0 Å². The van der Waals surface area contributed by atoms with Gasteiger partial charge in [-0.25, -0.2) is 9.69 Å². The van der Waals surface area contributed by atoms with Gasteiger partial charge in [0.15, 0.2) is 0 Å². The second-order valence-corrected chi connectivity index (χ2v) is 7.53. The van der Waals surface area contributed by atoms with Crippen molar-refractivity contribution in [3.8, 4) is 5.75 Å². The minimum Gasteiger partial charge on any atom is -0.490 e. The van der Waals surface area contributed by atoms with Gasteiger partial charge in [-0.05, 0) is 65.7 Å². The molecule has 0 spiro atoms. The summed E-state index contributed by atoms with van der Waals surface area (Å²) in [6.45, 7) is 3.82. The SMILES string of the molecule is CC(C)Oc1ccc(/C=C2\C(=O)NC(=O)N(c3ccccc3Cl)C2=O)cc1Br. The molecule has 2 aromatic rings. The maximum Gasteiger partial charge on any atom is 0.335 e. The summed E-state index contributed by atoms with van der Waals surface area (Å²) in [6.07, 6.45) is 1.42. The molecule has 1 saturated heterocycles. The lowest BCUT2D eigenvalue weighted by Gasteiger charge is -2.27. The van der Waals surface area contributed by atoms with Crippen molar-refractivity contribution in [3.63, 3.8) is 0 Å². The molecule has 2 aromatic carbocycles. The Hall–Kier alpha value is -2.64. The first-order chi connectivity index (χ1) is 13.3. The molecule has 28 heavy (non-hydrogen) atoms. The Balaban J connectivity index is 1.98. The monoisotopic (exact) mass is 462 g/mol. The number of anilines is 1. The number of amides is 4. The number of barbiturate groups is 1. The van der Waals surface area contributed by atoms with E-state index < -0.39 is 17.8 Å². The van der Waals surface area contributed by atoms with E-state index in [0.717, 1.165) is 4.90 Å². The van der Waals surface area contributed by atoms with Gasteiger partial charge in [-0.3, -0.25) is 14.9 Å². The highest BCUT2D eigenvalue weighted by Gasteiger charge is 2.37.